The van der Waals surface area contributed by atoms with Crippen LogP contribution >= 0.6 is 0 Å². The summed E-state index contributed by atoms with van der Waals surface area (Å²) in [6, 6.07) is 0. The van der Waals surface area contributed by atoms with Crippen molar-refractivity contribution in [2.24, 2.45) is 7.05 Å². The van der Waals surface area contributed by atoms with Crippen molar-refractivity contribution in [3.8, 4) is 0 Å². The van der Waals surface area contributed by atoms with Crippen LogP contribution in [-0.2, 0) is 23.1 Å². The van der Waals surface area contributed by atoms with Crippen LogP contribution in [0.1, 0.15) is 23.0 Å². The number of nitrogens with one attached hydrogen (secondary N) is 1. The monoisotopic (exact) mass is 381 g/mol. The molecule has 2 rings (SSSR count). The SMILES string of the molecule is CCOC(=O)c1cnn(C)c1NC(=O)Cn1nc([N+](=O)[O-])c([N+](=O)[O-])c1C. The highest BCUT2D eigenvalue weighted by molar-refractivity contribution is 6.00. The molecule has 1 N–H and O–H groups in total. The van der Waals surface area contributed by atoms with E-state index in [-0.39, 0.29) is 23.7 Å². The van der Waals surface area contributed by atoms with Gasteiger partial charge < -0.3 is 20.2 Å². The summed E-state index contributed by atoms with van der Waals surface area (Å²) in [5, 5.41) is 31.7. The van der Waals surface area contributed by atoms with Crippen LogP contribution in [0.2, 0.25) is 0 Å². The minimum atomic E-state index is -1.00. The molecule has 0 aliphatic heterocycles. The molecule has 2 heterocycles. The topological polar surface area (TPSA) is 177 Å². The maximum absolute atomic E-state index is 12.3. The Kier molecular flexibility index (Phi) is 5.48. The van der Waals surface area contributed by atoms with Gasteiger partial charge in [-0.3, -0.25) is 19.6 Å². The van der Waals surface area contributed by atoms with Crippen LogP contribution in [0.15, 0.2) is 6.20 Å². The first-order valence-corrected chi connectivity index (χ1v) is 7.52. The maximum Gasteiger partial charge on any atom is 0.468 e. The lowest BCUT2D eigenvalue weighted by molar-refractivity contribution is -0.424. The van der Waals surface area contributed by atoms with E-state index >= 15 is 0 Å². The second-order valence-corrected chi connectivity index (χ2v) is 5.23. The van der Waals surface area contributed by atoms with E-state index in [1.165, 1.54) is 24.9 Å². The number of hydrogen-bond acceptors (Lipinski definition) is 9. The lowest BCUT2D eigenvalue weighted by Crippen LogP contribution is -2.23. The van der Waals surface area contributed by atoms with Gasteiger partial charge in [0.05, 0.1) is 22.8 Å². The highest BCUT2D eigenvalue weighted by Crippen LogP contribution is 2.29. The molecule has 0 radical (unpaired) electrons. The third kappa shape index (κ3) is 3.88. The molecule has 0 spiro atoms. The molecule has 0 saturated carbocycles. The van der Waals surface area contributed by atoms with Crippen molar-refractivity contribution in [1.29, 1.82) is 0 Å². The van der Waals surface area contributed by atoms with Gasteiger partial charge in [0.25, 0.3) is 0 Å². The number of anilines is 1. The Bertz CT molecular complexity index is 930. The quantitative estimate of drug-likeness (QED) is 0.407. The highest BCUT2D eigenvalue weighted by Gasteiger charge is 2.36. The molecule has 144 valence electrons. The van der Waals surface area contributed by atoms with E-state index < -0.39 is 39.8 Å². The van der Waals surface area contributed by atoms with Crippen LogP contribution in [-0.4, -0.2) is 47.9 Å². The molecular weight excluding hydrogens is 366 g/mol. The van der Waals surface area contributed by atoms with Crippen molar-refractivity contribution in [3.05, 3.63) is 37.7 Å². The van der Waals surface area contributed by atoms with Crippen molar-refractivity contribution in [2.45, 2.75) is 20.4 Å². The van der Waals surface area contributed by atoms with Gasteiger partial charge in [-0.2, -0.15) is 9.78 Å². The van der Waals surface area contributed by atoms with Crippen LogP contribution in [0.3, 0.4) is 0 Å². The predicted molar refractivity (Wildman–Crippen MR) is 88.1 cm³/mol. The van der Waals surface area contributed by atoms with E-state index in [4.69, 9.17) is 4.74 Å². The Morgan fingerprint density at radius 2 is 1.96 bits per heavy atom. The highest BCUT2D eigenvalue weighted by atomic mass is 16.6. The summed E-state index contributed by atoms with van der Waals surface area (Å²) in [5.74, 6) is -2.33. The maximum atomic E-state index is 12.3. The average Bonchev–Trinajstić information content (AvgIpc) is 3.09. The van der Waals surface area contributed by atoms with Gasteiger partial charge in [-0.15, -0.1) is 0 Å². The molecule has 14 heteroatoms. The van der Waals surface area contributed by atoms with E-state index in [0.29, 0.717) is 0 Å². The molecule has 14 nitrogen and oxygen atoms in total. The number of hydrogen-bond donors (Lipinski definition) is 1. The first-order chi connectivity index (χ1) is 12.7. The van der Waals surface area contributed by atoms with Gasteiger partial charge in [-0.1, -0.05) is 0 Å². The molecule has 0 saturated heterocycles. The molecule has 1 amide bonds. The fourth-order valence-corrected chi connectivity index (χ4v) is 2.26. The number of nitrogens with zero attached hydrogens (tertiary/aromatic N) is 6. The summed E-state index contributed by atoms with van der Waals surface area (Å²) in [7, 11) is 1.48. The zero-order valence-electron chi connectivity index (χ0n) is 14.5. The molecule has 0 aliphatic carbocycles. The van der Waals surface area contributed by atoms with Crippen LogP contribution in [0.25, 0.3) is 0 Å². The largest absolute Gasteiger partial charge is 0.468 e. The molecule has 2 aromatic heterocycles. The zero-order valence-corrected chi connectivity index (χ0v) is 14.5. The van der Waals surface area contributed by atoms with Crippen molar-refractivity contribution in [1.82, 2.24) is 19.6 Å². The molecule has 0 fully saturated rings. The number of esters is 1. The Morgan fingerprint density at radius 3 is 2.48 bits per heavy atom. The van der Waals surface area contributed by atoms with Gasteiger partial charge >= 0.3 is 17.5 Å². The number of amides is 1. The summed E-state index contributed by atoms with van der Waals surface area (Å²) in [6.45, 7) is 2.43. The van der Waals surface area contributed by atoms with E-state index in [0.717, 1.165) is 4.68 Å². The van der Waals surface area contributed by atoms with Crippen LogP contribution in [0.4, 0.5) is 17.3 Å². The summed E-state index contributed by atoms with van der Waals surface area (Å²) >= 11 is 0. The standard InChI is InChI=1S/C13H15N7O7/c1-4-27-13(22)8-5-14-17(3)11(8)15-9(21)6-18-7(2)10(19(23)24)12(16-18)20(25)26/h5H,4,6H2,1-3H3,(H,15,21). The smallest absolute Gasteiger partial charge is 0.462 e. The number of rotatable bonds is 7. The summed E-state index contributed by atoms with van der Waals surface area (Å²) < 4.78 is 6.93. The molecule has 0 aromatic carbocycles. The first-order valence-electron chi connectivity index (χ1n) is 7.52. The minimum Gasteiger partial charge on any atom is -0.462 e. The van der Waals surface area contributed by atoms with E-state index in [1.54, 1.807) is 6.92 Å². The second-order valence-electron chi connectivity index (χ2n) is 5.23. The number of nitro groups is 2. The minimum absolute atomic E-state index is 0.0156. The van der Waals surface area contributed by atoms with Gasteiger partial charge in [-0.05, 0) is 18.8 Å². The molecule has 0 aliphatic rings. The number of aromatic nitrogens is 4. The van der Waals surface area contributed by atoms with E-state index in [1.807, 2.05) is 0 Å². The van der Waals surface area contributed by atoms with Crippen molar-refractivity contribution in [2.75, 3.05) is 11.9 Å². The molecule has 0 unspecified atom stereocenters. The fourth-order valence-electron chi connectivity index (χ4n) is 2.26. The van der Waals surface area contributed by atoms with Gasteiger partial charge in [0, 0.05) is 7.05 Å². The van der Waals surface area contributed by atoms with Crippen molar-refractivity contribution in [3.63, 3.8) is 0 Å². The van der Waals surface area contributed by atoms with Crippen LogP contribution < -0.4 is 5.32 Å². The number of ether oxygens (including phenoxy) is 1. The van der Waals surface area contributed by atoms with Crippen LogP contribution in [0.5, 0.6) is 0 Å². The third-order valence-electron chi connectivity index (χ3n) is 3.50. The molecular formula is C13H15N7O7. The zero-order chi connectivity index (χ0) is 20.3. The van der Waals surface area contributed by atoms with Crippen molar-refractivity contribution >= 4 is 29.2 Å². The predicted octanol–water partition coefficient (Wildman–Crippen LogP) is 0.557. The van der Waals surface area contributed by atoms with Crippen LogP contribution in [0, 0.1) is 27.2 Å². The lowest BCUT2D eigenvalue weighted by atomic mass is 10.3. The normalized spacial score (nSPS) is 10.5. The van der Waals surface area contributed by atoms with Gasteiger partial charge in [0.15, 0.2) is 0 Å². The third-order valence-corrected chi connectivity index (χ3v) is 3.50. The Labute approximate surface area is 151 Å². The molecule has 2 aromatic rings. The number of carbonyl (C=O) groups excluding carboxylic acids is 2. The lowest BCUT2D eigenvalue weighted by Gasteiger charge is -2.07. The van der Waals surface area contributed by atoms with Gasteiger partial charge in [0.2, 0.25) is 5.91 Å². The van der Waals surface area contributed by atoms with Gasteiger partial charge in [0.1, 0.15) is 23.6 Å². The van der Waals surface area contributed by atoms with Gasteiger partial charge in [-0.25, -0.2) is 4.79 Å². The molecule has 27 heavy (non-hydrogen) atoms. The molecule has 0 bridgehead atoms. The number of carbonyl (C=O) groups is 2. The Balaban J connectivity index is 2.26. The summed E-state index contributed by atoms with van der Waals surface area (Å²) in [5.41, 5.74) is -0.931. The first kappa shape index (κ1) is 19.5. The summed E-state index contributed by atoms with van der Waals surface area (Å²) in [4.78, 5) is 44.1. The van der Waals surface area contributed by atoms with Crippen molar-refractivity contribution < 1.29 is 24.2 Å². The molecule has 0 atom stereocenters. The Morgan fingerprint density at radius 1 is 1.30 bits per heavy atom. The number of aryl methyl sites for hydroxylation is 1. The van der Waals surface area contributed by atoms with E-state index in [9.17, 15) is 29.8 Å². The fraction of sp³-hybridized carbons (Fsp3) is 0.385. The van der Waals surface area contributed by atoms with E-state index in [2.05, 4.69) is 15.5 Å². The summed E-state index contributed by atoms with van der Waals surface area (Å²) in [6.07, 6.45) is 1.21. The Hall–Kier alpha value is -3.84. The average molecular weight is 381 g/mol. The second kappa shape index (κ2) is 7.59.